The second-order valence-electron chi connectivity index (χ2n) is 11.5. The standard InChI is InChI=1S/C32H33FN6O3/c33-27-11-6-21(32(13-12-19-4-5-19)26-3-1-2-20(16-34)25(26)17-36-32)14-28(27)38-30(41)29-15-24(40)18-39(29)31(42)37-23-9-7-22(35)8-10-23/h1-3,6-11,14,19,24,29,36,40H,4-5,12-13,15,17-18,35H2,(H,37,42)(H,38,41)/t24-,29-,32?/m1/s1. The van der Waals surface area contributed by atoms with Crippen molar-refractivity contribution in [2.45, 2.75) is 56.3 Å². The zero-order chi connectivity index (χ0) is 29.4. The van der Waals surface area contributed by atoms with E-state index in [0.29, 0.717) is 29.4 Å². The molecule has 0 radical (unpaired) electrons. The van der Waals surface area contributed by atoms with Crippen LogP contribution in [0.5, 0.6) is 0 Å². The molecule has 3 aliphatic rings. The minimum atomic E-state index is -0.996. The molecule has 0 aromatic heterocycles. The molecule has 1 saturated carbocycles. The van der Waals surface area contributed by atoms with E-state index in [2.05, 4.69) is 22.0 Å². The second-order valence-corrected chi connectivity index (χ2v) is 11.5. The Labute approximate surface area is 243 Å². The van der Waals surface area contributed by atoms with Gasteiger partial charge in [0, 0.05) is 30.9 Å². The molecule has 6 rings (SSSR count). The van der Waals surface area contributed by atoms with Crippen LogP contribution in [0.1, 0.15) is 54.4 Å². The number of nitriles is 1. The van der Waals surface area contributed by atoms with Crippen molar-refractivity contribution in [1.29, 1.82) is 5.26 Å². The Hall–Kier alpha value is -4.46. The first-order valence-electron chi connectivity index (χ1n) is 14.3. The topological polar surface area (TPSA) is 144 Å². The highest BCUT2D eigenvalue weighted by Gasteiger charge is 2.43. The molecule has 1 unspecified atom stereocenters. The number of urea groups is 1. The molecule has 1 saturated heterocycles. The lowest BCUT2D eigenvalue weighted by Crippen LogP contribution is -2.45. The summed E-state index contributed by atoms with van der Waals surface area (Å²) in [4.78, 5) is 27.8. The molecule has 1 aliphatic carbocycles. The lowest BCUT2D eigenvalue weighted by atomic mass is 9.78. The van der Waals surface area contributed by atoms with E-state index in [0.717, 1.165) is 29.5 Å². The minimum Gasteiger partial charge on any atom is -0.399 e. The summed E-state index contributed by atoms with van der Waals surface area (Å²) in [5.74, 6) is -0.538. The fourth-order valence-corrected chi connectivity index (χ4v) is 6.22. The second kappa shape index (κ2) is 11.1. The number of nitrogens with one attached hydrogen (secondary N) is 3. The van der Waals surface area contributed by atoms with Crippen molar-refractivity contribution in [2.24, 2.45) is 5.92 Å². The normalized spacial score (nSPS) is 22.8. The van der Waals surface area contributed by atoms with Crippen molar-refractivity contribution in [3.8, 4) is 6.07 Å². The zero-order valence-corrected chi connectivity index (χ0v) is 23.1. The number of carbonyl (C=O) groups is 2. The van der Waals surface area contributed by atoms with Crippen molar-refractivity contribution in [2.75, 3.05) is 22.9 Å². The Balaban J connectivity index is 1.26. The summed E-state index contributed by atoms with van der Waals surface area (Å²) in [6, 6.07) is 17.7. The molecule has 0 bridgehead atoms. The Bertz CT molecular complexity index is 1570. The first kappa shape index (κ1) is 27.7. The van der Waals surface area contributed by atoms with Gasteiger partial charge >= 0.3 is 6.03 Å². The van der Waals surface area contributed by atoms with Gasteiger partial charge in [-0.05, 0) is 77.9 Å². The average Bonchev–Trinajstić information content (AvgIpc) is 3.62. The third-order valence-electron chi connectivity index (χ3n) is 8.67. The van der Waals surface area contributed by atoms with Gasteiger partial charge in [-0.3, -0.25) is 10.1 Å². The maximum absolute atomic E-state index is 15.2. The van der Waals surface area contributed by atoms with E-state index in [1.165, 1.54) is 23.8 Å². The number of nitrogen functional groups attached to an aromatic ring is 1. The van der Waals surface area contributed by atoms with Gasteiger partial charge in [0.15, 0.2) is 0 Å². The zero-order valence-electron chi connectivity index (χ0n) is 23.1. The van der Waals surface area contributed by atoms with Crippen molar-refractivity contribution in [3.63, 3.8) is 0 Å². The van der Waals surface area contributed by atoms with Crippen LogP contribution in [-0.2, 0) is 16.9 Å². The van der Waals surface area contributed by atoms with Gasteiger partial charge in [0.25, 0.3) is 0 Å². The van der Waals surface area contributed by atoms with Crippen LogP contribution in [0.25, 0.3) is 0 Å². The van der Waals surface area contributed by atoms with Crippen molar-refractivity contribution in [1.82, 2.24) is 10.2 Å². The molecule has 0 spiro atoms. The van der Waals surface area contributed by atoms with Gasteiger partial charge in [0.05, 0.1) is 29.0 Å². The number of benzene rings is 3. The van der Waals surface area contributed by atoms with E-state index in [4.69, 9.17) is 5.73 Å². The fourth-order valence-electron chi connectivity index (χ4n) is 6.22. The molecule has 2 aliphatic heterocycles. The van der Waals surface area contributed by atoms with Crippen LogP contribution in [0.2, 0.25) is 0 Å². The number of halogens is 1. The van der Waals surface area contributed by atoms with Gasteiger partial charge < -0.3 is 26.4 Å². The van der Waals surface area contributed by atoms with Gasteiger partial charge in [-0.15, -0.1) is 0 Å². The number of nitrogens with zero attached hydrogens (tertiary/aromatic N) is 2. The first-order valence-corrected chi connectivity index (χ1v) is 14.3. The molecule has 2 heterocycles. The van der Waals surface area contributed by atoms with Gasteiger partial charge in [-0.1, -0.05) is 31.0 Å². The van der Waals surface area contributed by atoms with Crippen LogP contribution in [0.3, 0.4) is 0 Å². The first-order chi connectivity index (χ1) is 20.3. The number of β-amino-alcohol motifs (C(OH)–C–C–N with tert-alkyl or cyclic N) is 1. The molecular weight excluding hydrogens is 535 g/mol. The highest BCUT2D eigenvalue weighted by atomic mass is 19.1. The van der Waals surface area contributed by atoms with E-state index in [9.17, 15) is 20.0 Å². The summed E-state index contributed by atoms with van der Waals surface area (Å²) in [6.45, 7) is 0.481. The Morgan fingerprint density at radius 1 is 1.14 bits per heavy atom. The number of fused-ring (bicyclic) bond motifs is 1. The fraction of sp³-hybridized carbons (Fsp3) is 0.344. The molecule has 3 aromatic rings. The monoisotopic (exact) mass is 568 g/mol. The molecule has 10 heteroatoms. The quantitative estimate of drug-likeness (QED) is 0.267. The number of rotatable bonds is 7. The van der Waals surface area contributed by atoms with E-state index in [1.54, 1.807) is 42.5 Å². The third kappa shape index (κ3) is 5.29. The Morgan fingerprint density at radius 3 is 2.67 bits per heavy atom. The number of anilines is 3. The predicted molar refractivity (Wildman–Crippen MR) is 157 cm³/mol. The number of hydrogen-bond donors (Lipinski definition) is 5. The van der Waals surface area contributed by atoms with Crippen LogP contribution in [-0.4, -0.2) is 40.6 Å². The van der Waals surface area contributed by atoms with E-state index >= 15 is 4.39 Å². The van der Waals surface area contributed by atoms with Crippen molar-refractivity contribution in [3.05, 3.63) is 88.7 Å². The molecule has 2 fully saturated rings. The summed E-state index contributed by atoms with van der Waals surface area (Å²) >= 11 is 0. The number of aliphatic hydroxyl groups is 1. The van der Waals surface area contributed by atoms with E-state index in [-0.39, 0.29) is 18.7 Å². The molecule has 42 heavy (non-hydrogen) atoms. The summed E-state index contributed by atoms with van der Waals surface area (Å²) in [7, 11) is 0. The van der Waals surface area contributed by atoms with Crippen LogP contribution in [0, 0.1) is 23.1 Å². The van der Waals surface area contributed by atoms with Crippen LogP contribution < -0.4 is 21.7 Å². The molecule has 216 valence electrons. The van der Waals surface area contributed by atoms with Gasteiger partial charge in [0.2, 0.25) is 5.91 Å². The van der Waals surface area contributed by atoms with E-state index < -0.39 is 35.4 Å². The number of likely N-dealkylation sites (tertiary alicyclic amines) is 1. The summed E-state index contributed by atoms with van der Waals surface area (Å²) in [5, 5.41) is 29.1. The molecule has 3 amide bonds. The van der Waals surface area contributed by atoms with Crippen LogP contribution >= 0.6 is 0 Å². The molecule has 6 N–H and O–H groups in total. The lowest BCUT2D eigenvalue weighted by Gasteiger charge is -2.33. The van der Waals surface area contributed by atoms with Gasteiger partial charge in [-0.25, -0.2) is 9.18 Å². The highest BCUT2D eigenvalue weighted by molar-refractivity contribution is 6.00. The summed E-state index contributed by atoms with van der Waals surface area (Å²) in [6.07, 6.45) is 3.28. The number of carbonyl (C=O) groups excluding carboxylic acids is 2. The SMILES string of the molecule is N#Cc1cccc2c1CNC2(CCC1CC1)c1ccc(F)c(NC(=O)[C@H]2C[C@@H](O)CN2C(=O)Nc2ccc(N)cc2)c1. The largest absolute Gasteiger partial charge is 0.399 e. The highest BCUT2D eigenvalue weighted by Crippen LogP contribution is 2.46. The minimum absolute atomic E-state index is 0.00438. The smallest absolute Gasteiger partial charge is 0.322 e. The average molecular weight is 569 g/mol. The maximum atomic E-state index is 15.2. The predicted octanol–water partition coefficient (Wildman–Crippen LogP) is 4.42. The van der Waals surface area contributed by atoms with Gasteiger partial charge in [-0.2, -0.15) is 5.26 Å². The maximum Gasteiger partial charge on any atom is 0.322 e. The third-order valence-corrected chi connectivity index (χ3v) is 8.67. The van der Waals surface area contributed by atoms with Crippen LogP contribution in [0.15, 0.2) is 60.7 Å². The molecule has 3 aromatic carbocycles. The Morgan fingerprint density at radius 2 is 1.93 bits per heavy atom. The number of hydrogen-bond acceptors (Lipinski definition) is 6. The molecule has 9 nitrogen and oxygen atoms in total. The molecule has 3 atom stereocenters. The van der Waals surface area contributed by atoms with Crippen molar-refractivity contribution >= 4 is 29.0 Å². The molecular formula is C32H33FN6O3. The lowest BCUT2D eigenvalue weighted by molar-refractivity contribution is -0.119. The summed E-state index contributed by atoms with van der Waals surface area (Å²) < 4.78 is 15.2. The number of nitrogens with two attached hydrogens (primary N) is 1. The van der Waals surface area contributed by atoms with E-state index in [1.807, 2.05) is 12.1 Å². The number of aliphatic hydroxyl groups excluding tert-OH is 1. The summed E-state index contributed by atoms with van der Waals surface area (Å²) in [5.41, 5.74) is 9.45. The van der Waals surface area contributed by atoms with Gasteiger partial charge in [0.1, 0.15) is 11.9 Å². The Kier molecular flexibility index (Phi) is 7.31. The van der Waals surface area contributed by atoms with Crippen LogP contribution in [0.4, 0.5) is 26.2 Å². The van der Waals surface area contributed by atoms with Crippen molar-refractivity contribution < 1.29 is 19.1 Å². The number of amides is 3.